The van der Waals surface area contributed by atoms with Crippen molar-refractivity contribution in [3.8, 4) is 11.1 Å². The van der Waals surface area contributed by atoms with E-state index in [4.69, 9.17) is 33.0 Å². The number of piperidine rings is 2. The maximum atomic E-state index is 12.3. The fourth-order valence-corrected chi connectivity index (χ4v) is 8.65. The molecule has 4 aliphatic rings. The summed E-state index contributed by atoms with van der Waals surface area (Å²) >= 11 is 13.7. The number of halogens is 2. The molecule has 4 aliphatic heterocycles. The highest BCUT2D eigenvalue weighted by Gasteiger charge is 2.43. The van der Waals surface area contributed by atoms with Gasteiger partial charge in [0.2, 0.25) is 5.91 Å². The van der Waals surface area contributed by atoms with Crippen LogP contribution in [0.5, 0.6) is 0 Å². The van der Waals surface area contributed by atoms with Crippen molar-refractivity contribution in [2.24, 2.45) is 5.92 Å². The summed E-state index contributed by atoms with van der Waals surface area (Å²) in [5, 5.41) is 14.8. The van der Waals surface area contributed by atoms with Gasteiger partial charge < -0.3 is 14.5 Å². The zero-order valence-corrected chi connectivity index (χ0v) is 26.8. The number of carbonyl (C=O) groups is 1. The van der Waals surface area contributed by atoms with Gasteiger partial charge in [-0.05, 0) is 70.9 Å². The molecular weight excluding hydrogens is 585 g/mol. The molecule has 9 nitrogen and oxygen atoms in total. The number of ether oxygens (including phenoxy) is 1. The Bertz CT molecular complexity index is 1560. The van der Waals surface area contributed by atoms with E-state index in [0.717, 1.165) is 85.5 Å². The Balaban J connectivity index is 1.25. The highest BCUT2D eigenvalue weighted by molar-refractivity contribution is 6.45. The maximum absolute atomic E-state index is 12.3. The molecule has 0 spiro atoms. The maximum Gasteiger partial charge on any atom is 0.245 e. The number of likely N-dealkylation sites (tertiary alicyclic amines) is 2. The zero-order chi connectivity index (χ0) is 30.0. The Labute approximate surface area is 263 Å². The van der Waals surface area contributed by atoms with Crippen LogP contribution in [0.2, 0.25) is 10.0 Å². The average Bonchev–Trinajstić information content (AvgIpc) is 3.78. The molecule has 1 unspecified atom stereocenters. The summed E-state index contributed by atoms with van der Waals surface area (Å²) in [5.74, 6) is 1.56. The van der Waals surface area contributed by atoms with Gasteiger partial charge in [0.05, 0.1) is 40.5 Å². The largest absolute Gasteiger partial charge is 0.375 e. The molecule has 2 bridgehead atoms. The summed E-state index contributed by atoms with van der Waals surface area (Å²) in [7, 11) is 0. The van der Waals surface area contributed by atoms with Crippen LogP contribution < -0.4 is 4.90 Å². The first-order valence-electron chi connectivity index (χ1n) is 15.6. The minimum atomic E-state index is -0.112. The fraction of sp³-hybridized carbons (Fsp3) is 0.594. The quantitative estimate of drug-likeness (QED) is 0.346. The zero-order valence-electron chi connectivity index (χ0n) is 25.3. The molecule has 4 saturated heterocycles. The third-order valence-corrected chi connectivity index (χ3v) is 11.1. The van der Waals surface area contributed by atoms with Crippen LogP contribution >= 0.6 is 23.2 Å². The topological polar surface area (TPSA) is 82.5 Å². The molecule has 0 aliphatic carbocycles. The number of hydrogen-bond acceptors (Lipinski definition) is 6. The number of fused-ring (bicyclic) bond motifs is 3. The van der Waals surface area contributed by atoms with E-state index in [-0.39, 0.29) is 17.5 Å². The third kappa shape index (κ3) is 5.06. The lowest BCUT2D eigenvalue weighted by atomic mass is 9.81. The smallest absolute Gasteiger partial charge is 0.245 e. The molecule has 6 heterocycles. The molecule has 1 amide bonds. The number of aromatic amines is 1. The number of benzene rings is 1. The van der Waals surface area contributed by atoms with Crippen LogP contribution in [0.4, 0.5) is 5.82 Å². The molecule has 7 rings (SSSR count). The Hall–Kier alpha value is -2.59. The van der Waals surface area contributed by atoms with Crippen molar-refractivity contribution in [2.75, 3.05) is 44.2 Å². The number of nitrogens with zero attached hydrogens (tertiary/aromatic N) is 6. The average molecular weight is 627 g/mol. The van der Waals surface area contributed by atoms with Gasteiger partial charge >= 0.3 is 0 Å². The number of aromatic nitrogens is 4. The first kappa shape index (κ1) is 29.1. The second-order valence-electron chi connectivity index (χ2n) is 13.5. The van der Waals surface area contributed by atoms with Crippen LogP contribution in [0, 0.1) is 12.8 Å². The normalized spacial score (nSPS) is 26.1. The highest BCUT2D eigenvalue weighted by Crippen LogP contribution is 2.48. The first-order valence-corrected chi connectivity index (χ1v) is 16.4. The van der Waals surface area contributed by atoms with Crippen molar-refractivity contribution in [1.29, 1.82) is 0 Å². The predicted molar refractivity (Wildman–Crippen MR) is 171 cm³/mol. The van der Waals surface area contributed by atoms with Gasteiger partial charge in [0, 0.05) is 66.5 Å². The van der Waals surface area contributed by atoms with E-state index in [1.165, 1.54) is 12.5 Å². The Morgan fingerprint density at radius 2 is 1.98 bits per heavy atom. The van der Waals surface area contributed by atoms with Crippen molar-refractivity contribution in [3.63, 3.8) is 0 Å². The number of H-pyrrole nitrogens is 1. The van der Waals surface area contributed by atoms with Gasteiger partial charge in [-0.3, -0.25) is 19.5 Å². The summed E-state index contributed by atoms with van der Waals surface area (Å²) in [6, 6.07) is 2.60. The lowest BCUT2D eigenvalue weighted by Gasteiger charge is -2.47. The van der Waals surface area contributed by atoms with Gasteiger partial charge in [-0.1, -0.05) is 29.8 Å². The van der Waals surface area contributed by atoms with E-state index in [0.29, 0.717) is 41.2 Å². The number of carbonyl (C=O) groups excluding carboxylic acids is 1. The Kier molecular flexibility index (Phi) is 7.51. The molecular formula is C32H41Cl2N7O2. The van der Waals surface area contributed by atoms with Crippen molar-refractivity contribution >= 4 is 45.8 Å². The Morgan fingerprint density at radius 3 is 2.65 bits per heavy atom. The number of hydrogen-bond donors (Lipinski definition) is 1. The van der Waals surface area contributed by atoms with Crippen LogP contribution in [-0.2, 0) is 9.53 Å². The van der Waals surface area contributed by atoms with Crippen LogP contribution in [0.1, 0.15) is 57.7 Å². The minimum Gasteiger partial charge on any atom is -0.375 e. The van der Waals surface area contributed by atoms with Gasteiger partial charge in [-0.2, -0.15) is 10.2 Å². The van der Waals surface area contributed by atoms with E-state index in [1.807, 2.05) is 17.2 Å². The van der Waals surface area contributed by atoms with E-state index in [1.54, 1.807) is 0 Å². The first-order chi connectivity index (χ1) is 20.6. The molecule has 11 heteroatoms. The molecule has 1 aromatic carbocycles. The highest BCUT2D eigenvalue weighted by atomic mass is 35.5. The molecule has 3 aromatic rings. The number of anilines is 1. The standard InChI is InChI=1S/C32H41Cl2N7O2/c1-5-27(42)38-9-7-21(8-10-38)41-19(2)28(29-24-15-35-36-26(24)13-25(33)30(29)34)31(37-41)40-11-6-20(14-32(40,3)4)16-39-17-23-12-22(39)18-43-23/h5,13,15,20-23H,1,6-12,14,16-18H2,2-4H3,(H,35,36)/t20?,22-,23-/m0/s1. The van der Waals surface area contributed by atoms with Crippen LogP contribution in [0.3, 0.4) is 0 Å². The van der Waals surface area contributed by atoms with Gasteiger partial charge in [0.25, 0.3) is 0 Å². The second kappa shape index (κ2) is 11.1. The number of nitrogens with one attached hydrogen (secondary N) is 1. The van der Waals surface area contributed by atoms with Gasteiger partial charge in [-0.15, -0.1) is 0 Å². The monoisotopic (exact) mass is 625 g/mol. The van der Waals surface area contributed by atoms with Crippen molar-refractivity contribution in [1.82, 2.24) is 29.8 Å². The molecule has 4 fully saturated rings. The molecule has 2 aromatic heterocycles. The molecule has 1 N–H and O–H groups in total. The van der Waals surface area contributed by atoms with Gasteiger partial charge in [0.15, 0.2) is 5.82 Å². The summed E-state index contributed by atoms with van der Waals surface area (Å²) in [4.78, 5) is 19.3. The van der Waals surface area contributed by atoms with Crippen molar-refractivity contribution in [2.45, 2.75) is 76.6 Å². The number of rotatable bonds is 6. The molecule has 230 valence electrons. The lowest BCUT2D eigenvalue weighted by molar-refractivity contribution is -0.127. The fourth-order valence-electron chi connectivity index (χ4n) is 8.19. The van der Waals surface area contributed by atoms with E-state index in [2.05, 4.69) is 52.0 Å². The van der Waals surface area contributed by atoms with Gasteiger partial charge in [0.1, 0.15) is 0 Å². The summed E-state index contributed by atoms with van der Waals surface area (Å²) in [6.07, 6.45) is 8.70. The lowest BCUT2D eigenvalue weighted by Crippen LogP contribution is -2.53. The van der Waals surface area contributed by atoms with E-state index < -0.39 is 0 Å². The SMILES string of the molecule is C=CC(=O)N1CCC(n2nc(N3CCC(CN4C[C@@H]5C[C@H]4CO5)CC3(C)C)c(-c3c(Cl)c(Cl)cc4[nH]ncc34)c2C)CC1. The predicted octanol–water partition coefficient (Wildman–Crippen LogP) is 5.86. The second-order valence-corrected chi connectivity index (χ2v) is 14.3. The number of amides is 1. The summed E-state index contributed by atoms with van der Waals surface area (Å²) in [6.45, 7) is 15.9. The number of morpholine rings is 1. The molecule has 0 radical (unpaired) electrons. The minimum absolute atomic E-state index is 0.0102. The van der Waals surface area contributed by atoms with Crippen LogP contribution in [-0.4, -0.2) is 92.7 Å². The molecule has 0 saturated carbocycles. The Morgan fingerprint density at radius 1 is 1.19 bits per heavy atom. The summed E-state index contributed by atoms with van der Waals surface area (Å²) < 4.78 is 8.05. The third-order valence-electron chi connectivity index (χ3n) is 10.4. The van der Waals surface area contributed by atoms with Crippen LogP contribution in [0.15, 0.2) is 24.9 Å². The molecule has 43 heavy (non-hydrogen) atoms. The van der Waals surface area contributed by atoms with Crippen molar-refractivity contribution < 1.29 is 9.53 Å². The van der Waals surface area contributed by atoms with Crippen LogP contribution in [0.25, 0.3) is 22.0 Å². The molecule has 3 atom stereocenters. The summed E-state index contributed by atoms with van der Waals surface area (Å²) in [5.41, 5.74) is 3.69. The van der Waals surface area contributed by atoms with Gasteiger partial charge in [-0.25, -0.2) is 0 Å². The van der Waals surface area contributed by atoms with E-state index >= 15 is 0 Å². The van der Waals surface area contributed by atoms with E-state index in [9.17, 15) is 4.79 Å². The van der Waals surface area contributed by atoms with Crippen molar-refractivity contribution in [3.05, 3.63) is 40.7 Å².